The maximum atomic E-state index is 10.9. The van der Waals surface area contributed by atoms with E-state index < -0.39 is 5.97 Å². The smallest absolute Gasteiger partial charge is 0.118 e. The summed E-state index contributed by atoms with van der Waals surface area (Å²) in [5, 5.41) is 15.6. The van der Waals surface area contributed by atoms with Crippen molar-refractivity contribution in [2.24, 2.45) is 5.10 Å². The summed E-state index contributed by atoms with van der Waals surface area (Å²) in [6.45, 7) is 1.98. The van der Waals surface area contributed by atoms with Crippen LogP contribution in [0.3, 0.4) is 0 Å². The van der Waals surface area contributed by atoms with E-state index in [2.05, 4.69) is 10.5 Å². The monoisotopic (exact) mass is 331 g/mol. The number of carboxylic acid groups (broad SMARTS) is 1. The molecule has 2 aromatic rings. The van der Waals surface area contributed by atoms with Gasteiger partial charge in [-0.05, 0) is 53.9 Å². The van der Waals surface area contributed by atoms with Crippen molar-refractivity contribution in [2.75, 3.05) is 12.5 Å². The Balaban J connectivity index is 2.25. The molecular formula is C17H16ClN2O3-. The summed E-state index contributed by atoms with van der Waals surface area (Å²) in [6, 6.07) is 11.8. The Labute approximate surface area is 139 Å². The fraction of sp³-hybridized carbons (Fsp3) is 0.176. The minimum Gasteiger partial charge on any atom is -0.545 e. The molecule has 0 saturated heterocycles. The number of ether oxygens (including phenoxy) is 1. The number of hydrogen-bond acceptors (Lipinski definition) is 5. The topological polar surface area (TPSA) is 73.8 Å². The number of hydrogen-bond donors (Lipinski definition) is 1. The maximum absolute atomic E-state index is 10.9. The Morgan fingerprint density at radius 1 is 1.22 bits per heavy atom. The number of nitrogens with zero attached hydrogens (tertiary/aromatic N) is 1. The number of rotatable bonds is 6. The minimum atomic E-state index is -1.26. The van der Waals surface area contributed by atoms with Gasteiger partial charge in [-0.2, -0.15) is 5.10 Å². The van der Waals surface area contributed by atoms with Crippen molar-refractivity contribution in [1.29, 1.82) is 0 Å². The van der Waals surface area contributed by atoms with Gasteiger partial charge in [0.1, 0.15) is 5.75 Å². The van der Waals surface area contributed by atoms with Crippen LogP contribution in [0.4, 0.5) is 5.69 Å². The summed E-state index contributed by atoms with van der Waals surface area (Å²) in [5.41, 5.74) is 5.01. The summed E-state index contributed by atoms with van der Waals surface area (Å²) in [5.74, 6) is -0.499. The van der Waals surface area contributed by atoms with Crippen LogP contribution in [-0.2, 0) is 0 Å². The highest BCUT2D eigenvalue weighted by molar-refractivity contribution is 6.33. The molecule has 1 N–H and O–H groups in total. The van der Waals surface area contributed by atoms with Crippen molar-refractivity contribution in [3.63, 3.8) is 0 Å². The van der Waals surface area contributed by atoms with E-state index in [4.69, 9.17) is 16.3 Å². The average molecular weight is 332 g/mol. The van der Waals surface area contributed by atoms with Gasteiger partial charge in [0, 0.05) is 0 Å². The first kappa shape index (κ1) is 16.8. The van der Waals surface area contributed by atoms with E-state index >= 15 is 0 Å². The van der Waals surface area contributed by atoms with Crippen LogP contribution in [0.25, 0.3) is 0 Å². The van der Waals surface area contributed by atoms with E-state index in [1.165, 1.54) is 18.2 Å². The summed E-state index contributed by atoms with van der Waals surface area (Å²) < 4.78 is 5.13. The lowest BCUT2D eigenvalue weighted by Gasteiger charge is -2.10. The summed E-state index contributed by atoms with van der Waals surface area (Å²) in [6.07, 6.45) is 0.692. The number of anilines is 1. The third-order valence-electron chi connectivity index (χ3n) is 3.27. The number of hydrazone groups is 1. The average Bonchev–Trinajstić information content (AvgIpc) is 2.57. The molecule has 0 aromatic heterocycles. The SMILES string of the molecule is CC/C(=N/Nc1cc(C(=O)[O-])ccc1Cl)c1ccc(OC)cc1. The van der Waals surface area contributed by atoms with Crippen LogP contribution >= 0.6 is 11.6 Å². The van der Waals surface area contributed by atoms with Gasteiger partial charge in [-0.3, -0.25) is 5.43 Å². The second-order valence-corrected chi connectivity index (χ2v) is 5.14. The largest absolute Gasteiger partial charge is 0.545 e. The van der Waals surface area contributed by atoms with E-state index in [-0.39, 0.29) is 5.56 Å². The molecule has 0 atom stereocenters. The van der Waals surface area contributed by atoms with E-state index in [9.17, 15) is 9.90 Å². The lowest BCUT2D eigenvalue weighted by molar-refractivity contribution is -0.255. The van der Waals surface area contributed by atoms with Crippen LogP contribution in [0.5, 0.6) is 5.75 Å². The molecule has 0 fully saturated rings. The Morgan fingerprint density at radius 3 is 2.43 bits per heavy atom. The summed E-state index contributed by atoms with van der Waals surface area (Å²) in [7, 11) is 1.61. The normalized spacial score (nSPS) is 11.2. The van der Waals surface area contributed by atoms with Gasteiger partial charge in [-0.25, -0.2) is 0 Å². The molecule has 0 amide bonds. The second kappa shape index (κ2) is 7.65. The van der Waals surface area contributed by atoms with Crippen molar-refractivity contribution in [1.82, 2.24) is 0 Å². The molecule has 0 radical (unpaired) electrons. The number of nitrogens with one attached hydrogen (secondary N) is 1. The van der Waals surface area contributed by atoms with Crippen LogP contribution in [0.2, 0.25) is 5.02 Å². The van der Waals surface area contributed by atoms with Gasteiger partial charge in [-0.1, -0.05) is 24.6 Å². The molecule has 5 nitrogen and oxygen atoms in total. The number of benzene rings is 2. The van der Waals surface area contributed by atoms with Gasteiger partial charge in [0.15, 0.2) is 0 Å². The summed E-state index contributed by atoms with van der Waals surface area (Å²) in [4.78, 5) is 10.9. The number of carbonyl (C=O) groups is 1. The fourth-order valence-electron chi connectivity index (χ4n) is 2.00. The van der Waals surface area contributed by atoms with Crippen molar-refractivity contribution >= 4 is 29.0 Å². The van der Waals surface area contributed by atoms with Crippen LogP contribution in [0.1, 0.15) is 29.3 Å². The molecule has 0 spiro atoms. The molecule has 23 heavy (non-hydrogen) atoms. The maximum Gasteiger partial charge on any atom is 0.118 e. The molecule has 2 rings (SSSR count). The molecular weight excluding hydrogens is 316 g/mol. The van der Waals surface area contributed by atoms with E-state index in [1.54, 1.807) is 7.11 Å². The van der Waals surface area contributed by atoms with Crippen molar-refractivity contribution in [3.8, 4) is 5.75 Å². The Kier molecular flexibility index (Phi) is 5.60. The highest BCUT2D eigenvalue weighted by atomic mass is 35.5. The zero-order chi connectivity index (χ0) is 16.8. The van der Waals surface area contributed by atoms with Crippen molar-refractivity contribution in [2.45, 2.75) is 13.3 Å². The number of halogens is 1. The second-order valence-electron chi connectivity index (χ2n) is 4.73. The van der Waals surface area contributed by atoms with Gasteiger partial charge in [0.05, 0.1) is 29.5 Å². The van der Waals surface area contributed by atoms with Crippen molar-refractivity contribution < 1.29 is 14.6 Å². The standard InChI is InChI=1S/C17H17ClN2O3/c1-3-15(11-4-7-13(23-2)8-5-11)19-20-16-10-12(17(21)22)6-9-14(16)18/h4-10,20H,3H2,1-2H3,(H,21,22)/p-1/b19-15-. The van der Waals surface area contributed by atoms with Crippen LogP contribution in [-0.4, -0.2) is 18.8 Å². The molecule has 0 bridgehead atoms. The van der Waals surface area contributed by atoms with Gasteiger partial charge < -0.3 is 14.6 Å². The molecule has 0 unspecified atom stereocenters. The van der Waals surface area contributed by atoms with Gasteiger partial charge in [0.25, 0.3) is 0 Å². The third-order valence-corrected chi connectivity index (χ3v) is 3.60. The van der Waals surface area contributed by atoms with Crippen LogP contribution in [0.15, 0.2) is 47.6 Å². The zero-order valence-electron chi connectivity index (χ0n) is 12.8. The number of carboxylic acids is 1. The lowest BCUT2D eigenvalue weighted by atomic mass is 10.1. The van der Waals surface area contributed by atoms with Crippen LogP contribution < -0.4 is 15.3 Å². The Bertz CT molecular complexity index is 727. The van der Waals surface area contributed by atoms with Gasteiger partial charge in [0.2, 0.25) is 0 Å². The number of aromatic carboxylic acids is 1. The molecule has 6 heteroatoms. The van der Waals surface area contributed by atoms with E-state index in [0.29, 0.717) is 17.1 Å². The van der Waals surface area contributed by atoms with Gasteiger partial charge >= 0.3 is 0 Å². The lowest BCUT2D eigenvalue weighted by Crippen LogP contribution is -2.22. The van der Waals surface area contributed by atoms with Crippen LogP contribution in [0, 0.1) is 0 Å². The minimum absolute atomic E-state index is 0.0367. The third kappa shape index (κ3) is 4.23. The highest BCUT2D eigenvalue weighted by Gasteiger charge is 2.05. The molecule has 0 saturated carbocycles. The fourth-order valence-corrected chi connectivity index (χ4v) is 2.16. The molecule has 0 aliphatic heterocycles. The first-order valence-corrected chi connectivity index (χ1v) is 7.40. The quantitative estimate of drug-likeness (QED) is 0.652. The molecule has 2 aromatic carbocycles. The predicted molar refractivity (Wildman–Crippen MR) is 89.2 cm³/mol. The summed E-state index contributed by atoms with van der Waals surface area (Å²) >= 11 is 6.05. The predicted octanol–water partition coefficient (Wildman–Crippen LogP) is 2.94. The molecule has 0 aliphatic carbocycles. The van der Waals surface area contributed by atoms with Gasteiger partial charge in [-0.15, -0.1) is 0 Å². The molecule has 120 valence electrons. The first-order valence-electron chi connectivity index (χ1n) is 7.03. The van der Waals surface area contributed by atoms with E-state index in [0.717, 1.165) is 17.0 Å². The van der Waals surface area contributed by atoms with E-state index in [1.807, 2.05) is 31.2 Å². The molecule has 0 aliphatic rings. The Hall–Kier alpha value is -2.53. The first-order chi connectivity index (χ1) is 11.0. The highest BCUT2D eigenvalue weighted by Crippen LogP contribution is 2.23. The molecule has 0 heterocycles. The number of carbonyl (C=O) groups excluding carboxylic acids is 1. The number of methoxy groups -OCH3 is 1. The Morgan fingerprint density at radius 2 is 1.87 bits per heavy atom. The van der Waals surface area contributed by atoms with Crippen molar-refractivity contribution in [3.05, 3.63) is 58.6 Å². The zero-order valence-corrected chi connectivity index (χ0v) is 13.6.